The smallest absolute Gasteiger partial charge is 0.254 e. The minimum atomic E-state index is -3.72. The van der Waals surface area contributed by atoms with Crippen LogP contribution in [0.4, 0.5) is 0 Å². The molecule has 2 rings (SSSR count). The van der Waals surface area contributed by atoms with Crippen molar-refractivity contribution in [3.8, 4) is 0 Å². The number of thiophene rings is 1. The summed E-state index contributed by atoms with van der Waals surface area (Å²) in [5.41, 5.74) is 0.231. The number of carbonyl (C=O) groups is 1. The van der Waals surface area contributed by atoms with Crippen LogP contribution in [0.15, 0.2) is 33.1 Å². The molecule has 2 aromatic heterocycles. The van der Waals surface area contributed by atoms with Crippen molar-refractivity contribution in [1.29, 1.82) is 0 Å². The van der Waals surface area contributed by atoms with Gasteiger partial charge in [-0.2, -0.15) is 0 Å². The molecule has 0 saturated heterocycles. The highest BCUT2D eigenvalue weighted by molar-refractivity contribution is 9.10. The molecular weight excluding hydrogens is 402 g/mol. The van der Waals surface area contributed by atoms with E-state index in [4.69, 9.17) is 16.7 Å². The highest BCUT2D eigenvalue weighted by atomic mass is 79.9. The molecule has 0 aliphatic carbocycles. The van der Waals surface area contributed by atoms with Gasteiger partial charge in [-0.05, 0) is 34.1 Å². The van der Waals surface area contributed by atoms with Crippen LogP contribution in [0.5, 0.6) is 0 Å². The zero-order valence-corrected chi connectivity index (χ0v) is 14.3. The Balaban J connectivity index is 2.08. The summed E-state index contributed by atoms with van der Waals surface area (Å²) in [5, 5.41) is 7.75. The predicted octanol–water partition coefficient (Wildman–Crippen LogP) is 2.14. The van der Waals surface area contributed by atoms with Crippen LogP contribution in [-0.4, -0.2) is 19.3 Å². The number of amides is 1. The van der Waals surface area contributed by atoms with Crippen molar-refractivity contribution in [3.63, 3.8) is 0 Å². The SMILES string of the molecule is NS(=O)(=O)c1ccc(CNC(=O)c2cc(Br)cnc2Cl)s1. The standard InChI is InChI=1S/C11H9BrClN3O3S2/c12-6-3-8(10(13)15-4-6)11(17)16-5-7-1-2-9(20-7)21(14,18)19/h1-4H,5H2,(H,16,17)(H2,14,18,19). The van der Waals surface area contributed by atoms with Crippen molar-refractivity contribution < 1.29 is 13.2 Å². The minimum Gasteiger partial charge on any atom is -0.347 e. The van der Waals surface area contributed by atoms with Crippen LogP contribution in [-0.2, 0) is 16.6 Å². The Morgan fingerprint density at radius 3 is 2.81 bits per heavy atom. The van der Waals surface area contributed by atoms with Crippen LogP contribution in [0.25, 0.3) is 0 Å². The van der Waals surface area contributed by atoms with Gasteiger partial charge in [-0.1, -0.05) is 11.6 Å². The monoisotopic (exact) mass is 409 g/mol. The summed E-state index contributed by atoms with van der Waals surface area (Å²) in [6.07, 6.45) is 1.48. The molecule has 0 atom stereocenters. The van der Waals surface area contributed by atoms with Crippen LogP contribution < -0.4 is 10.5 Å². The van der Waals surface area contributed by atoms with Gasteiger partial charge in [0, 0.05) is 15.5 Å². The first-order chi connectivity index (χ1) is 9.77. The maximum Gasteiger partial charge on any atom is 0.254 e. The average molecular weight is 411 g/mol. The zero-order chi connectivity index (χ0) is 15.6. The molecule has 0 aromatic carbocycles. The van der Waals surface area contributed by atoms with Crippen molar-refractivity contribution in [1.82, 2.24) is 10.3 Å². The topological polar surface area (TPSA) is 102 Å². The minimum absolute atomic E-state index is 0.0499. The first kappa shape index (κ1) is 16.4. The lowest BCUT2D eigenvalue weighted by molar-refractivity contribution is 0.0951. The van der Waals surface area contributed by atoms with Crippen molar-refractivity contribution >= 4 is 54.8 Å². The Morgan fingerprint density at radius 2 is 2.19 bits per heavy atom. The van der Waals surface area contributed by atoms with E-state index in [0.29, 0.717) is 9.35 Å². The summed E-state index contributed by atoms with van der Waals surface area (Å²) in [7, 11) is -3.72. The molecule has 3 N–H and O–H groups in total. The van der Waals surface area contributed by atoms with E-state index in [1.807, 2.05) is 0 Å². The molecule has 0 aliphatic rings. The Kier molecular flexibility index (Phi) is 4.99. The summed E-state index contributed by atoms with van der Waals surface area (Å²) < 4.78 is 23.0. The lowest BCUT2D eigenvalue weighted by Gasteiger charge is -2.05. The van der Waals surface area contributed by atoms with Crippen molar-refractivity contribution in [3.05, 3.63) is 44.5 Å². The fraction of sp³-hybridized carbons (Fsp3) is 0.0909. The van der Waals surface area contributed by atoms with E-state index in [1.54, 1.807) is 12.1 Å². The summed E-state index contributed by atoms with van der Waals surface area (Å²) in [4.78, 5) is 16.5. The van der Waals surface area contributed by atoms with Crippen molar-refractivity contribution in [2.45, 2.75) is 10.8 Å². The van der Waals surface area contributed by atoms with E-state index < -0.39 is 15.9 Å². The summed E-state index contributed by atoms with van der Waals surface area (Å²) in [5.74, 6) is -0.403. The lowest BCUT2D eigenvalue weighted by atomic mass is 10.2. The maximum absolute atomic E-state index is 12.0. The highest BCUT2D eigenvalue weighted by Gasteiger charge is 2.14. The van der Waals surface area contributed by atoms with E-state index in [9.17, 15) is 13.2 Å². The number of nitrogens with two attached hydrogens (primary N) is 1. The number of carbonyl (C=O) groups excluding carboxylic acids is 1. The molecule has 10 heteroatoms. The fourth-order valence-corrected chi connectivity index (χ4v) is 3.69. The Bertz CT molecular complexity index is 792. The fourth-order valence-electron chi connectivity index (χ4n) is 1.45. The molecule has 2 aromatic rings. The molecule has 112 valence electrons. The molecule has 0 saturated carbocycles. The van der Waals surface area contributed by atoms with E-state index in [1.165, 1.54) is 12.3 Å². The van der Waals surface area contributed by atoms with Crippen LogP contribution in [0.3, 0.4) is 0 Å². The number of pyridine rings is 1. The molecule has 1 amide bonds. The van der Waals surface area contributed by atoms with Crippen LogP contribution >= 0.6 is 38.9 Å². The summed E-state index contributed by atoms with van der Waals surface area (Å²) in [6, 6.07) is 4.54. The van der Waals surface area contributed by atoms with E-state index >= 15 is 0 Å². The third-order valence-electron chi connectivity index (χ3n) is 2.39. The van der Waals surface area contributed by atoms with Gasteiger partial charge in [0.15, 0.2) is 0 Å². The number of nitrogens with zero attached hydrogens (tertiary/aromatic N) is 1. The third-order valence-corrected chi connectivity index (χ3v) is 5.65. The van der Waals surface area contributed by atoms with E-state index in [2.05, 4.69) is 26.2 Å². The first-order valence-electron chi connectivity index (χ1n) is 5.48. The second-order valence-corrected chi connectivity index (χ2v) is 8.17. The largest absolute Gasteiger partial charge is 0.347 e. The van der Waals surface area contributed by atoms with Gasteiger partial charge in [-0.25, -0.2) is 18.5 Å². The molecular formula is C11H9BrClN3O3S2. The van der Waals surface area contributed by atoms with E-state index in [-0.39, 0.29) is 21.5 Å². The Morgan fingerprint density at radius 1 is 1.48 bits per heavy atom. The van der Waals surface area contributed by atoms with Gasteiger partial charge in [0.2, 0.25) is 10.0 Å². The molecule has 0 spiro atoms. The second kappa shape index (κ2) is 6.41. The Labute approximate surface area is 138 Å². The van der Waals surface area contributed by atoms with Crippen molar-refractivity contribution in [2.75, 3.05) is 0 Å². The maximum atomic E-state index is 12.0. The Hall–Kier alpha value is -1.000. The van der Waals surface area contributed by atoms with Gasteiger partial charge < -0.3 is 5.32 Å². The molecule has 0 bridgehead atoms. The molecule has 0 aliphatic heterocycles. The van der Waals surface area contributed by atoms with Gasteiger partial charge in [0.1, 0.15) is 9.36 Å². The molecule has 6 nitrogen and oxygen atoms in total. The number of aromatic nitrogens is 1. The number of hydrogen-bond acceptors (Lipinski definition) is 5. The summed E-state index contributed by atoms with van der Waals surface area (Å²) >= 11 is 10.1. The third kappa shape index (κ3) is 4.24. The summed E-state index contributed by atoms with van der Waals surface area (Å²) in [6.45, 7) is 0.169. The van der Waals surface area contributed by atoms with Gasteiger partial charge >= 0.3 is 0 Å². The van der Waals surface area contributed by atoms with Gasteiger partial charge in [0.25, 0.3) is 5.91 Å². The number of sulfonamides is 1. The van der Waals surface area contributed by atoms with Crippen LogP contribution in [0, 0.1) is 0 Å². The molecule has 0 fully saturated rings. The van der Waals surface area contributed by atoms with Gasteiger partial charge in [-0.3, -0.25) is 4.79 Å². The molecule has 0 unspecified atom stereocenters. The number of rotatable bonds is 4. The normalized spacial score (nSPS) is 11.4. The highest BCUT2D eigenvalue weighted by Crippen LogP contribution is 2.21. The predicted molar refractivity (Wildman–Crippen MR) is 83.8 cm³/mol. The number of hydrogen-bond donors (Lipinski definition) is 2. The van der Waals surface area contributed by atoms with Crippen LogP contribution in [0.1, 0.15) is 15.2 Å². The average Bonchev–Trinajstić information content (AvgIpc) is 2.87. The number of halogens is 2. The number of nitrogens with one attached hydrogen (secondary N) is 1. The second-order valence-electron chi connectivity index (χ2n) is 3.94. The van der Waals surface area contributed by atoms with Gasteiger partial charge in [0.05, 0.1) is 12.1 Å². The van der Waals surface area contributed by atoms with Crippen LogP contribution in [0.2, 0.25) is 5.15 Å². The van der Waals surface area contributed by atoms with Gasteiger partial charge in [-0.15, -0.1) is 11.3 Å². The number of primary sulfonamides is 1. The zero-order valence-electron chi connectivity index (χ0n) is 10.3. The van der Waals surface area contributed by atoms with E-state index in [0.717, 1.165) is 11.3 Å². The molecule has 21 heavy (non-hydrogen) atoms. The first-order valence-corrected chi connectivity index (χ1v) is 9.01. The molecule has 0 radical (unpaired) electrons. The van der Waals surface area contributed by atoms with Crippen molar-refractivity contribution in [2.24, 2.45) is 5.14 Å². The molecule has 2 heterocycles. The quantitative estimate of drug-likeness (QED) is 0.754. The lowest BCUT2D eigenvalue weighted by Crippen LogP contribution is -2.23.